The Hall–Kier alpha value is -0.770. The molecule has 2 rings (SSSR count). The van der Waals surface area contributed by atoms with E-state index in [1.54, 1.807) is 18.2 Å². The predicted molar refractivity (Wildman–Crippen MR) is 88.3 cm³/mol. The normalized spacial score (nSPS) is 17.1. The molecule has 0 bridgehead atoms. The molecule has 1 saturated heterocycles. The number of carbonyl (C=O) groups excluding carboxylic acids is 1. The van der Waals surface area contributed by atoms with E-state index in [-0.39, 0.29) is 11.3 Å². The zero-order valence-corrected chi connectivity index (χ0v) is 14.3. The van der Waals surface area contributed by atoms with E-state index in [0.717, 1.165) is 32.7 Å². The van der Waals surface area contributed by atoms with Crippen LogP contribution < -0.4 is 0 Å². The summed E-state index contributed by atoms with van der Waals surface area (Å²) in [6.45, 7) is 11.1. The molecule has 1 aromatic carbocycles. The lowest BCUT2D eigenvalue weighted by Crippen LogP contribution is -2.50. The number of rotatable bonds is 2. The van der Waals surface area contributed by atoms with Gasteiger partial charge in [0, 0.05) is 38.3 Å². The van der Waals surface area contributed by atoms with Gasteiger partial charge >= 0.3 is 0 Å². The second-order valence-corrected chi connectivity index (χ2v) is 7.57. The molecule has 5 heteroatoms. The zero-order chi connectivity index (χ0) is 15.6. The highest BCUT2D eigenvalue weighted by Gasteiger charge is 2.24. The molecule has 1 aliphatic rings. The molecule has 21 heavy (non-hydrogen) atoms. The van der Waals surface area contributed by atoms with E-state index in [0.29, 0.717) is 15.6 Å². The molecule has 0 aliphatic carbocycles. The highest BCUT2D eigenvalue weighted by molar-refractivity contribution is 6.42. The zero-order valence-electron chi connectivity index (χ0n) is 12.8. The van der Waals surface area contributed by atoms with E-state index in [2.05, 4.69) is 25.7 Å². The lowest BCUT2D eigenvalue weighted by atomic mass is 9.96. The number of hydrogen-bond acceptors (Lipinski definition) is 2. The quantitative estimate of drug-likeness (QED) is 0.824. The first kappa shape index (κ1) is 16.6. The van der Waals surface area contributed by atoms with Crippen molar-refractivity contribution < 1.29 is 4.79 Å². The molecule has 1 amide bonds. The Morgan fingerprint density at radius 1 is 1.10 bits per heavy atom. The first-order valence-corrected chi connectivity index (χ1v) is 7.98. The minimum atomic E-state index is 0.0315. The van der Waals surface area contributed by atoms with Crippen LogP contribution in [0.15, 0.2) is 18.2 Å². The number of piperazine rings is 1. The van der Waals surface area contributed by atoms with Crippen LogP contribution in [-0.4, -0.2) is 48.4 Å². The second kappa shape index (κ2) is 6.55. The van der Waals surface area contributed by atoms with Crippen LogP contribution >= 0.6 is 23.2 Å². The van der Waals surface area contributed by atoms with Crippen LogP contribution in [0.1, 0.15) is 31.1 Å². The van der Waals surface area contributed by atoms with E-state index in [1.807, 2.05) is 4.90 Å². The first-order valence-electron chi connectivity index (χ1n) is 7.23. The Morgan fingerprint density at radius 2 is 1.71 bits per heavy atom. The smallest absolute Gasteiger partial charge is 0.253 e. The SMILES string of the molecule is CC(C)(C)CN1CCN(C(=O)c2ccc(Cl)c(Cl)c2)CC1. The van der Waals surface area contributed by atoms with Gasteiger partial charge in [0.05, 0.1) is 10.0 Å². The van der Waals surface area contributed by atoms with Crippen molar-refractivity contribution in [2.75, 3.05) is 32.7 Å². The molecule has 116 valence electrons. The van der Waals surface area contributed by atoms with Crippen molar-refractivity contribution >= 4 is 29.1 Å². The summed E-state index contributed by atoms with van der Waals surface area (Å²) in [5.74, 6) is 0.0315. The third kappa shape index (κ3) is 4.60. The molecule has 1 fully saturated rings. The van der Waals surface area contributed by atoms with Crippen LogP contribution in [0.5, 0.6) is 0 Å². The summed E-state index contributed by atoms with van der Waals surface area (Å²) in [6, 6.07) is 5.05. The molecule has 0 saturated carbocycles. The summed E-state index contributed by atoms with van der Waals surface area (Å²) >= 11 is 11.9. The van der Waals surface area contributed by atoms with Crippen molar-refractivity contribution in [3.8, 4) is 0 Å². The molecule has 1 aliphatic heterocycles. The van der Waals surface area contributed by atoms with Gasteiger partial charge in [-0.25, -0.2) is 0 Å². The lowest BCUT2D eigenvalue weighted by molar-refractivity contribution is 0.0592. The van der Waals surface area contributed by atoms with Gasteiger partial charge in [-0.1, -0.05) is 44.0 Å². The summed E-state index contributed by atoms with van der Waals surface area (Å²) < 4.78 is 0. The number of benzene rings is 1. The fourth-order valence-electron chi connectivity index (χ4n) is 2.59. The van der Waals surface area contributed by atoms with Crippen LogP contribution in [0.2, 0.25) is 10.0 Å². The van der Waals surface area contributed by atoms with Crippen LogP contribution in [0.4, 0.5) is 0 Å². The van der Waals surface area contributed by atoms with Crippen molar-refractivity contribution in [1.29, 1.82) is 0 Å². The van der Waals surface area contributed by atoms with Crippen molar-refractivity contribution in [1.82, 2.24) is 9.80 Å². The van der Waals surface area contributed by atoms with Gasteiger partial charge in [0.25, 0.3) is 5.91 Å². The van der Waals surface area contributed by atoms with Gasteiger partial charge in [-0.05, 0) is 23.6 Å². The maximum absolute atomic E-state index is 12.5. The topological polar surface area (TPSA) is 23.6 Å². The van der Waals surface area contributed by atoms with Crippen molar-refractivity contribution in [3.63, 3.8) is 0 Å². The summed E-state index contributed by atoms with van der Waals surface area (Å²) in [5, 5.41) is 0.900. The van der Waals surface area contributed by atoms with Gasteiger partial charge in [-0.3, -0.25) is 9.69 Å². The fourth-order valence-corrected chi connectivity index (χ4v) is 2.89. The molecule has 0 N–H and O–H groups in total. The minimum Gasteiger partial charge on any atom is -0.336 e. The molecule has 1 heterocycles. The average molecular weight is 329 g/mol. The predicted octanol–water partition coefficient (Wildman–Crippen LogP) is 3.80. The van der Waals surface area contributed by atoms with Crippen LogP contribution in [0.25, 0.3) is 0 Å². The van der Waals surface area contributed by atoms with Crippen molar-refractivity contribution in [3.05, 3.63) is 33.8 Å². The molecular formula is C16H22Cl2N2O. The number of amides is 1. The van der Waals surface area contributed by atoms with E-state index >= 15 is 0 Å². The monoisotopic (exact) mass is 328 g/mol. The molecule has 0 atom stereocenters. The fraction of sp³-hybridized carbons (Fsp3) is 0.562. The van der Waals surface area contributed by atoms with Gasteiger partial charge in [0.1, 0.15) is 0 Å². The van der Waals surface area contributed by atoms with Gasteiger partial charge in [0.2, 0.25) is 0 Å². The Labute approximate surface area is 136 Å². The highest BCUT2D eigenvalue weighted by atomic mass is 35.5. The third-order valence-electron chi connectivity index (χ3n) is 3.52. The molecule has 1 aromatic rings. The molecule has 0 unspecified atom stereocenters. The van der Waals surface area contributed by atoms with Gasteiger partial charge in [-0.2, -0.15) is 0 Å². The minimum absolute atomic E-state index is 0.0315. The maximum atomic E-state index is 12.5. The summed E-state index contributed by atoms with van der Waals surface area (Å²) in [5.41, 5.74) is 0.893. The Bertz CT molecular complexity index is 517. The molecular weight excluding hydrogens is 307 g/mol. The van der Waals surface area contributed by atoms with E-state index in [9.17, 15) is 4.79 Å². The summed E-state index contributed by atoms with van der Waals surface area (Å²) in [4.78, 5) is 16.8. The Balaban J connectivity index is 1.95. The highest BCUT2D eigenvalue weighted by Crippen LogP contribution is 2.24. The second-order valence-electron chi connectivity index (χ2n) is 6.76. The van der Waals surface area contributed by atoms with E-state index < -0.39 is 0 Å². The Morgan fingerprint density at radius 3 is 2.24 bits per heavy atom. The molecule has 0 spiro atoms. The third-order valence-corrected chi connectivity index (χ3v) is 4.26. The van der Waals surface area contributed by atoms with Crippen LogP contribution in [0.3, 0.4) is 0 Å². The number of halogens is 2. The summed E-state index contributed by atoms with van der Waals surface area (Å²) in [7, 11) is 0. The van der Waals surface area contributed by atoms with Gasteiger partial charge < -0.3 is 4.90 Å². The number of carbonyl (C=O) groups is 1. The van der Waals surface area contributed by atoms with Gasteiger partial charge in [0.15, 0.2) is 0 Å². The number of nitrogens with zero attached hydrogens (tertiary/aromatic N) is 2. The van der Waals surface area contributed by atoms with Gasteiger partial charge in [-0.15, -0.1) is 0 Å². The lowest BCUT2D eigenvalue weighted by Gasteiger charge is -2.37. The first-order chi connectivity index (χ1) is 9.76. The summed E-state index contributed by atoms with van der Waals surface area (Å²) in [6.07, 6.45) is 0. The molecule has 0 aromatic heterocycles. The molecule has 3 nitrogen and oxygen atoms in total. The number of hydrogen-bond donors (Lipinski definition) is 0. The molecule has 0 radical (unpaired) electrons. The van der Waals surface area contributed by atoms with Crippen LogP contribution in [0, 0.1) is 5.41 Å². The van der Waals surface area contributed by atoms with Crippen LogP contribution in [-0.2, 0) is 0 Å². The van der Waals surface area contributed by atoms with Crippen molar-refractivity contribution in [2.24, 2.45) is 5.41 Å². The van der Waals surface area contributed by atoms with Crippen molar-refractivity contribution in [2.45, 2.75) is 20.8 Å². The maximum Gasteiger partial charge on any atom is 0.253 e. The standard InChI is InChI=1S/C16H22Cl2N2O/c1-16(2,3)11-19-6-8-20(9-7-19)15(21)12-4-5-13(17)14(18)10-12/h4-5,10H,6-9,11H2,1-3H3. The average Bonchev–Trinajstić information content (AvgIpc) is 2.40. The largest absolute Gasteiger partial charge is 0.336 e. The van der Waals surface area contributed by atoms with E-state index in [4.69, 9.17) is 23.2 Å². The van der Waals surface area contributed by atoms with E-state index in [1.165, 1.54) is 0 Å². The Kier molecular flexibility index (Phi) is 5.18.